The lowest BCUT2D eigenvalue weighted by atomic mass is 9.65. The molecule has 2 aromatic rings. The number of carbonyl (C=O) groups is 3. The predicted octanol–water partition coefficient (Wildman–Crippen LogP) is 1.80. The number of H-pyrrole nitrogens is 1. The molecule has 32 heavy (non-hydrogen) atoms. The van der Waals surface area contributed by atoms with E-state index in [1.54, 1.807) is 0 Å². The maximum Gasteiger partial charge on any atom is 0.414 e. The first-order valence-electron chi connectivity index (χ1n) is 10.9. The van der Waals surface area contributed by atoms with Crippen LogP contribution in [0.15, 0.2) is 24.3 Å². The third-order valence-corrected chi connectivity index (χ3v) is 7.20. The number of carbonyl (C=O) groups excluding carboxylic acids is 1. The van der Waals surface area contributed by atoms with Crippen molar-refractivity contribution in [2.24, 2.45) is 17.8 Å². The van der Waals surface area contributed by atoms with Gasteiger partial charge in [-0.3, -0.25) is 9.69 Å². The molecule has 2 aliphatic heterocycles. The minimum absolute atomic E-state index is 0.199. The average molecular weight is 444 g/mol. The number of esters is 1. The van der Waals surface area contributed by atoms with Crippen molar-refractivity contribution in [3.05, 3.63) is 35.5 Å². The highest BCUT2D eigenvalue weighted by Crippen LogP contribution is 2.49. The number of fused-ring (bicyclic) bond motifs is 6. The Bertz CT molecular complexity index is 1020. The van der Waals surface area contributed by atoms with Gasteiger partial charge in [-0.15, -0.1) is 0 Å². The van der Waals surface area contributed by atoms with Gasteiger partial charge in [0.25, 0.3) is 0 Å². The average Bonchev–Trinajstić information content (AvgIpc) is 3.17. The van der Waals surface area contributed by atoms with Gasteiger partial charge in [0.15, 0.2) is 0 Å². The largest absolute Gasteiger partial charge is 0.473 e. The van der Waals surface area contributed by atoms with E-state index in [2.05, 4.69) is 34.1 Å². The molecule has 2 fully saturated rings. The number of aromatic amines is 1. The second-order valence-electron chi connectivity index (χ2n) is 8.79. The van der Waals surface area contributed by atoms with Crippen LogP contribution in [0.3, 0.4) is 0 Å². The number of ether oxygens (including phenoxy) is 1. The summed E-state index contributed by atoms with van der Waals surface area (Å²) in [6.07, 6.45) is 3.14. The van der Waals surface area contributed by atoms with E-state index in [9.17, 15) is 9.90 Å². The lowest BCUT2D eigenvalue weighted by Gasteiger charge is -2.50. The molecule has 0 radical (unpaired) electrons. The van der Waals surface area contributed by atoms with Crippen LogP contribution in [-0.4, -0.2) is 69.4 Å². The van der Waals surface area contributed by atoms with E-state index < -0.39 is 18.0 Å². The summed E-state index contributed by atoms with van der Waals surface area (Å²) in [4.78, 5) is 36.8. The molecule has 1 aromatic carbocycles. The molecule has 5 atom stereocenters. The normalized spacial score (nSPS) is 29.0. The number of aliphatic carboxylic acids is 2. The van der Waals surface area contributed by atoms with Crippen LogP contribution in [0.25, 0.3) is 10.9 Å². The van der Waals surface area contributed by atoms with Gasteiger partial charge in [0.2, 0.25) is 0 Å². The molecule has 0 bridgehead atoms. The lowest BCUT2D eigenvalue weighted by Crippen LogP contribution is -2.53. The zero-order valence-electron chi connectivity index (χ0n) is 17.9. The Morgan fingerprint density at radius 3 is 2.53 bits per heavy atom. The quantitative estimate of drug-likeness (QED) is 0.386. The maximum atomic E-state index is 12.4. The topological polar surface area (TPSA) is 140 Å². The number of aromatic nitrogens is 1. The van der Waals surface area contributed by atoms with Crippen molar-refractivity contribution < 1.29 is 34.4 Å². The minimum atomic E-state index is -1.82. The van der Waals surface area contributed by atoms with Crippen molar-refractivity contribution in [2.45, 2.75) is 37.8 Å². The molecule has 0 unspecified atom stereocenters. The Labute approximate surface area is 185 Å². The second kappa shape index (κ2) is 8.91. The Balaban J connectivity index is 0.000000363. The molecule has 0 spiro atoms. The summed E-state index contributed by atoms with van der Waals surface area (Å²) in [5.41, 5.74) is 3.96. The van der Waals surface area contributed by atoms with Gasteiger partial charge < -0.3 is 25.0 Å². The van der Waals surface area contributed by atoms with Crippen molar-refractivity contribution in [2.75, 3.05) is 20.2 Å². The summed E-state index contributed by atoms with van der Waals surface area (Å²) in [5, 5.41) is 26.6. The zero-order valence-corrected chi connectivity index (χ0v) is 17.9. The highest BCUT2D eigenvalue weighted by Gasteiger charge is 2.49. The molecule has 1 aromatic heterocycles. The summed E-state index contributed by atoms with van der Waals surface area (Å²) in [5.74, 6) is -3.59. The van der Waals surface area contributed by atoms with Crippen molar-refractivity contribution >= 4 is 28.8 Å². The number of hydrogen-bond donors (Lipinski definition) is 4. The first-order chi connectivity index (χ1) is 15.3. The molecule has 172 valence electrons. The molecular weight excluding hydrogens is 416 g/mol. The molecule has 3 aliphatic rings. The molecule has 0 amide bonds. The van der Waals surface area contributed by atoms with Crippen LogP contribution in [0.2, 0.25) is 0 Å². The number of para-hydroxylation sites is 1. The fourth-order valence-electron chi connectivity index (χ4n) is 5.80. The van der Waals surface area contributed by atoms with Crippen molar-refractivity contribution in [1.29, 1.82) is 0 Å². The lowest BCUT2D eigenvalue weighted by molar-refractivity contribution is -0.160. The standard InChI is InChI=1S/C21H26N2O3.C2H2O4/c1-26-21(25)19-15-10-17-20-14(13-4-2-3-5-16(13)22-20)8-9-23(17)11-12(15)6-7-18(19)24;3-1(4)2(5)6/h2-5,12,15,17-19,22,24H,6-11H2,1H3;(H,3,4)(H,5,6)/t12-,15+,17+,18+,19+;/m1./s1. The molecule has 1 saturated heterocycles. The number of benzene rings is 1. The number of rotatable bonds is 1. The number of hydrogen-bond acceptors (Lipinski definition) is 6. The number of aliphatic hydroxyl groups is 1. The highest BCUT2D eigenvalue weighted by molar-refractivity contribution is 6.27. The molecule has 4 N–H and O–H groups in total. The van der Waals surface area contributed by atoms with Crippen LogP contribution in [0.5, 0.6) is 0 Å². The third kappa shape index (κ3) is 3.98. The van der Waals surface area contributed by atoms with Gasteiger partial charge in [0.1, 0.15) is 0 Å². The Kier molecular flexibility index (Phi) is 6.21. The van der Waals surface area contributed by atoms with E-state index in [1.807, 2.05) is 0 Å². The molecule has 1 saturated carbocycles. The second-order valence-corrected chi connectivity index (χ2v) is 8.79. The summed E-state index contributed by atoms with van der Waals surface area (Å²) in [6.45, 7) is 2.10. The maximum absolute atomic E-state index is 12.4. The van der Waals surface area contributed by atoms with E-state index in [4.69, 9.17) is 24.5 Å². The summed E-state index contributed by atoms with van der Waals surface area (Å²) >= 11 is 0. The number of nitrogens with zero attached hydrogens (tertiary/aromatic N) is 1. The van der Waals surface area contributed by atoms with E-state index in [1.165, 1.54) is 29.3 Å². The van der Waals surface area contributed by atoms with Crippen LogP contribution < -0.4 is 0 Å². The van der Waals surface area contributed by atoms with Crippen LogP contribution in [0, 0.1) is 17.8 Å². The molecule has 9 heteroatoms. The summed E-state index contributed by atoms with van der Waals surface area (Å²) in [7, 11) is 1.43. The van der Waals surface area contributed by atoms with E-state index >= 15 is 0 Å². The van der Waals surface area contributed by atoms with E-state index in [0.717, 1.165) is 32.4 Å². The zero-order chi connectivity index (χ0) is 23.0. The number of piperidine rings is 1. The van der Waals surface area contributed by atoms with Crippen LogP contribution in [0.1, 0.15) is 36.6 Å². The Morgan fingerprint density at radius 2 is 1.84 bits per heavy atom. The van der Waals surface area contributed by atoms with Gasteiger partial charge in [-0.05, 0) is 49.1 Å². The number of methoxy groups -OCH3 is 1. The van der Waals surface area contributed by atoms with Gasteiger partial charge in [0, 0.05) is 29.7 Å². The fraction of sp³-hybridized carbons (Fsp3) is 0.522. The van der Waals surface area contributed by atoms with Gasteiger partial charge in [-0.2, -0.15) is 0 Å². The first-order valence-corrected chi connectivity index (χ1v) is 10.9. The van der Waals surface area contributed by atoms with Gasteiger partial charge in [-0.25, -0.2) is 9.59 Å². The van der Waals surface area contributed by atoms with Gasteiger partial charge in [0.05, 0.1) is 25.2 Å². The van der Waals surface area contributed by atoms with Crippen LogP contribution >= 0.6 is 0 Å². The number of carboxylic acid groups (broad SMARTS) is 2. The monoisotopic (exact) mass is 444 g/mol. The van der Waals surface area contributed by atoms with Gasteiger partial charge >= 0.3 is 17.9 Å². The predicted molar refractivity (Wildman–Crippen MR) is 114 cm³/mol. The van der Waals surface area contributed by atoms with Crippen LogP contribution in [-0.2, 0) is 25.5 Å². The Morgan fingerprint density at radius 1 is 1.12 bits per heavy atom. The SMILES string of the molecule is COC(=O)[C@H]1[C@H]2C[C@H]3c4[nH]c5ccccc5c4CCN3C[C@H]2CC[C@@H]1O.O=C(O)C(=O)O. The summed E-state index contributed by atoms with van der Waals surface area (Å²) < 4.78 is 5.04. The minimum Gasteiger partial charge on any atom is -0.473 e. The number of aliphatic hydroxyl groups excluding tert-OH is 1. The van der Waals surface area contributed by atoms with Crippen molar-refractivity contribution in [3.8, 4) is 0 Å². The smallest absolute Gasteiger partial charge is 0.414 e. The molecule has 9 nitrogen and oxygen atoms in total. The van der Waals surface area contributed by atoms with E-state index in [-0.39, 0.29) is 17.8 Å². The molecule has 3 heterocycles. The molecule has 1 aliphatic carbocycles. The van der Waals surface area contributed by atoms with E-state index in [0.29, 0.717) is 18.4 Å². The first kappa shape index (κ1) is 22.3. The number of nitrogens with one attached hydrogen (secondary N) is 1. The van der Waals surface area contributed by atoms with Gasteiger partial charge in [-0.1, -0.05) is 18.2 Å². The summed E-state index contributed by atoms with van der Waals surface area (Å²) in [6, 6.07) is 8.83. The Hall–Kier alpha value is -2.91. The van der Waals surface area contributed by atoms with Crippen LogP contribution in [0.4, 0.5) is 0 Å². The molecule has 5 rings (SSSR count). The van der Waals surface area contributed by atoms with Crippen molar-refractivity contribution in [3.63, 3.8) is 0 Å². The number of carboxylic acids is 2. The highest BCUT2D eigenvalue weighted by atomic mass is 16.5. The fourth-order valence-corrected chi connectivity index (χ4v) is 5.80. The van der Waals surface area contributed by atoms with Crippen molar-refractivity contribution in [1.82, 2.24) is 9.88 Å². The third-order valence-electron chi connectivity index (χ3n) is 7.20. The molecular formula is C23H28N2O7.